The van der Waals surface area contributed by atoms with Crippen LogP contribution in [-0.2, 0) is 12.7 Å². The van der Waals surface area contributed by atoms with Gasteiger partial charge in [-0.1, -0.05) is 42.5 Å². The fourth-order valence-corrected chi connectivity index (χ4v) is 2.79. The van der Waals surface area contributed by atoms with Crippen LogP contribution in [0, 0.1) is 0 Å². The molecule has 0 saturated carbocycles. The molecule has 0 unspecified atom stereocenters. The van der Waals surface area contributed by atoms with Crippen molar-refractivity contribution in [3.8, 4) is 16.9 Å². The number of nitrogens with one attached hydrogen (secondary N) is 1. The van der Waals surface area contributed by atoms with Crippen molar-refractivity contribution in [1.29, 1.82) is 0 Å². The van der Waals surface area contributed by atoms with Crippen molar-refractivity contribution >= 4 is 5.91 Å². The van der Waals surface area contributed by atoms with Gasteiger partial charge >= 0.3 is 6.18 Å². The second kappa shape index (κ2) is 8.17. The van der Waals surface area contributed by atoms with E-state index in [9.17, 15) is 18.0 Å². The van der Waals surface area contributed by atoms with Gasteiger partial charge in [-0.3, -0.25) is 4.79 Å². The smallest absolute Gasteiger partial charge is 0.416 e. The van der Waals surface area contributed by atoms with Crippen molar-refractivity contribution in [2.75, 3.05) is 7.11 Å². The summed E-state index contributed by atoms with van der Waals surface area (Å²) >= 11 is 0. The summed E-state index contributed by atoms with van der Waals surface area (Å²) in [6, 6.07) is 18.9. The van der Waals surface area contributed by atoms with E-state index in [1.54, 1.807) is 43.5 Å². The molecule has 3 aromatic rings. The molecule has 144 valence electrons. The molecule has 1 N–H and O–H groups in total. The highest BCUT2D eigenvalue weighted by Crippen LogP contribution is 2.31. The van der Waals surface area contributed by atoms with Gasteiger partial charge in [0.15, 0.2) is 0 Å². The molecule has 6 heteroatoms. The molecule has 0 heterocycles. The first-order valence-electron chi connectivity index (χ1n) is 8.56. The van der Waals surface area contributed by atoms with Crippen molar-refractivity contribution in [3.05, 3.63) is 89.5 Å². The number of ether oxygens (including phenoxy) is 1. The molecule has 3 rings (SSSR count). The first-order chi connectivity index (χ1) is 13.4. The van der Waals surface area contributed by atoms with Gasteiger partial charge in [0.25, 0.3) is 5.91 Å². The monoisotopic (exact) mass is 385 g/mol. The summed E-state index contributed by atoms with van der Waals surface area (Å²) in [6.07, 6.45) is -4.40. The van der Waals surface area contributed by atoms with Gasteiger partial charge in [-0.2, -0.15) is 13.2 Å². The number of alkyl halides is 3. The fraction of sp³-hybridized carbons (Fsp3) is 0.136. The van der Waals surface area contributed by atoms with Crippen LogP contribution in [0.4, 0.5) is 13.2 Å². The molecule has 1 amide bonds. The maximum atomic E-state index is 12.8. The Bertz CT molecular complexity index is 949. The lowest BCUT2D eigenvalue weighted by Gasteiger charge is -2.12. The Kier molecular flexibility index (Phi) is 5.68. The first-order valence-corrected chi connectivity index (χ1v) is 8.56. The Hall–Kier alpha value is -3.28. The van der Waals surface area contributed by atoms with Crippen LogP contribution in [0.15, 0.2) is 72.8 Å². The minimum absolute atomic E-state index is 0.300. The maximum Gasteiger partial charge on any atom is 0.416 e. The minimum atomic E-state index is -4.40. The third kappa shape index (κ3) is 4.52. The third-order valence-corrected chi connectivity index (χ3v) is 4.31. The van der Waals surface area contributed by atoms with Crippen molar-refractivity contribution in [2.45, 2.75) is 12.7 Å². The zero-order valence-corrected chi connectivity index (χ0v) is 15.1. The molecule has 0 radical (unpaired) electrons. The van der Waals surface area contributed by atoms with Crippen LogP contribution in [0.2, 0.25) is 0 Å². The lowest BCUT2D eigenvalue weighted by Crippen LogP contribution is -2.23. The maximum absolute atomic E-state index is 12.8. The molecule has 0 fully saturated rings. The van der Waals surface area contributed by atoms with Gasteiger partial charge in [0.2, 0.25) is 0 Å². The summed E-state index contributed by atoms with van der Waals surface area (Å²) in [5.74, 6) is 0.425. The largest absolute Gasteiger partial charge is 0.497 e. The molecule has 3 aromatic carbocycles. The van der Waals surface area contributed by atoms with E-state index in [1.165, 1.54) is 12.1 Å². The standard InChI is InChI=1S/C22H18F3NO2/c1-28-18-12-6-15(7-13-18)14-26-21(27)20-5-3-2-4-19(20)16-8-10-17(11-9-16)22(23,24)25/h2-13H,14H2,1H3,(H,26,27). The highest BCUT2D eigenvalue weighted by Gasteiger charge is 2.30. The third-order valence-electron chi connectivity index (χ3n) is 4.31. The number of halogens is 3. The Morgan fingerprint density at radius 1 is 0.929 bits per heavy atom. The van der Waals surface area contributed by atoms with Crippen LogP contribution < -0.4 is 10.1 Å². The van der Waals surface area contributed by atoms with Crippen molar-refractivity contribution < 1.29 is 22.7 Å². The Labute approximate surface area is 160 Å². The highest BCUT2D eigenvalue weighted by molar-refractivity contribution is 6.00. The minimum Gasteiger partial charge on any atom is -0.497 e. The summed E-state index contributed by atoms with van der Waals surface area (Å²) in [5, 5.41) is 2.84. The molecule has 0 aromatic heterocycles. The van der Waals surface area contributed by atoms with E-state index in [1.807, 2.05) is 12.1 Å². The molecular weight excluding hydrogens is 367 g/mol. The highest BCUT2D eigenvalue weighted by atomic mass is 19.4. The number of carbonyl (C=O) groups excluding carboxylic acids is 1. The number of rotatable bonds is 5. The molecule has 0 spiro atoms. The number of amides is 1. The van der Waals surface area contributed by atoms with Crippen molar-refractivity contribution in [2.24, 2.45) is 0 Å². The second-order valence-electron chi connectivity index (χ2n) is 6.15. The van der Waals surface area contributed by atoms with Crippen LogP contribution in [0.5, 0.6) is 5.75 Å². The lowest BCUT2D eigenvalue weighted by atomic mass is 9.98. The molecule has 0 aliphatic carbocycles. The zero-order valence-electron chi connectivity index (χ0n) is 15.1. The molecule has 0 aliphatic rings. The fourth-order valence-electron chi connectivity index (χ4n) is 2.79. The number of hydrogen-bond acceptors (Lipinski definition) is 2. The normalized spacial score (nSPS) is 11.1. The van der Waals surface area contributed by atoms with Crippen LogP contribution in [0.3, 0.4) is 0 Å². The van der Waals surface area contributed by atoms with E-state index in [4.69, 9.17) is 4.74 Å². The second-order valence-corrected chi connectivity index (χ2v) is 6.15. The summed E-state index contributed by atoms with van der Waals surface area (Å²) in [5.41, 5.74) is 1.70. The van der Waals surface area contributed by atoms with E-state index >= 15 is 0 Å². The van der Waals surface area contributed by atoms with Crippen LogP contribution in [-0.4, -0.2) is 13.0 Å². The predicted octanol–water partition coefficient (Wildman–Crippen LogP) is 5.31. The SMILES string of the molecule is COc1ccc(CNC(=O)c2ccccc2-c2ccc(C(F)(F)F)cc2)cc1. The molecular formula is C22H18F3NO2. The van der Waals surface area contributed by atoms with Gasteiger partial charge in [-0.05, 0) is 47.0 Å². The van der Waals surface area contributed by atoms with Crippen LogP contribution in [0.25, 0.3) is 11.1 Å². The summed E-state index contributed by atoms with van der Waals surface area (Å²) in [4.78, 5) is 12.6. The van der Waals surface area contributed by atoms with E-state index < -0.39 is 11.7 Å². The topological polar surface area (TPSA) is 38.3 Å². The summed E-state index contributed by atoms with van der Waals surface area (Å²) in [6.45, 7) is 0.324. The summed E-state index contributed by atoms with van der Waals surface area (Å²) < 4.78 is 43.4. The quantitative estimate of drug-likeness (QED) is 0.646. The van der Waals surface area contributed by atoms with Crippen molar-refractivity contribution in [1.82, 2.24) is 5.32 Å². The van der Waals surface area contributed by atoms with E-state index in [2.05, 4.69) is 5.32 Å². The molecule has 0 aliphatic heterocycles. The average Bonchev–Trinajstić information content (AvgIpc) is 2.72. The van der Waals surface area contributed by atoms with Gasteiger partial charge in [-0.15, -0.1) is 0 Å². The van der Waals surface area contributed by atoms with Gasteiger partial charge in [0, 0.05) is 12.1 Å². The molecule has 0 bridgehead atoms. The molecule has 0 saturated heterocycles. The number of hydrogen-bond donors (Lipinski definition) is 1. The van der Waals surface area contributed by atoms with Gasteiger partial charge in [0.05, 0.1) is 12.7 Å². The lowest BCUT2D eigenvalue weighted by molar-refractivity contribution is -0.137. The Morgan fingerprint density at radius 3 is 2.18 bits per heavy atom. The molecule has 3 nitrogen and oxygen atoms in total. The molecule has 0 atom stereocenters. The average molecular weight is 385 g/mol. The Balaban J connectivity index is 1.78. The van der Waals surface area contributed by atoms with E-state index in [-0.39, 0.29) is 5.91 Å². The number of methoxy groups -OCH3 is 1. The summed E-state index contributed by atoms with van der Waals surface area (Å²) in [7, 11) is 1.58. The van der Waals surface area contributed by atoms with Crippen LogP contribution in [0.1, 0.15) is 21.5 Å². The van der Waals surface area contributed by atoms with Crippen molar-refractivity contribution in [3.63, 3.8) is 0 Å². The zero-order chi connectivity index (χ0) is 20.1. The predicted molar refractivity (Wildman–Crippen MR) is 101 cm³/mol. The van der Waals surface area contributed by atoms with Crippen LogP contribution >= 0.6 is 0 Å². The van der Waals surface area contributed by atoms with Gasteiger partial charge < -0.3 is 10.1 Å². The number of carbonyl (C=O) groups is 1. The Morgan fingerprint density at radius 2 is 1.57 bits per heavy atom. The van der Waals surface area contributed by atoms with Gasteiger partial charge in [0.1, 0.15) is 5.75 Å². The van der Waals surface area contributed by atoms with Gasteiger partial charge in [-0.25, -0.2) is 0 Å². The van der Waals surface area contributed by atoms with E-state index in [0.717, 1.165) is 23.4 Å². The molecule has 28 heavy (non-hydrogen) atoms. The number of benzene rings is 3. The van der Waals surface area contributed by atoms with E-state index in [0.29, 0.717) is 23.2 Å². The first kappa shape index (κ1) is 19.5.